The van der Waals surface area contributed by atoms with Crippen molar-refractivity contribution >= 4 is 29.1 Å². The van der Waals surface area contributed by atoms with E-state index in [4.69, 9.17) is 16.3 Å². The Morgan fingerprint density at radius 2 is 1.96 bits per heavy atom. The van der Waals surface area contributed by atoms with Gasteiger partial charge in [-0.15, -0.1) is 0 Å². The Balaban J connectivity index is 1.61. The number of carbonyl (C=O) groups is 2. The predicted octanol–water partition coefficient (Wildman–Crippen LogP) is 3.72. The number of ether oxygens (including phenoxy) is 1. The molecule has 0 aliphatic carbocycles. The second-order valence-electron chi connectivity index (χ2n) is 6.13. The molecule has 1 atom stereocenters. The smallest absolute Gasteiger partial charge is 0.265 e. The molecule has 0 aromatic heterocycles. The SMILES string of the molecule is CC[C@H](NC(=O)CCN1C(=O)COc2ccccc21)c1ccc(Cl)cc1. The van der Waals surface area contributed by atoms with Gasteiger partial charge in [0.05, 0.1) is 11.7 Å². The summed E-state index contributed by atoms with van der Waals surface area (Å²) in [6, 6.07) is 14.7. The summed E-state index contributed by atoms with van der Waals surface area (Å²) < 4.78 is 5.42. The highest BCUT2D eigenvalue weighted by Gasteiger charge is 2.25. The summed E-state index contributed by atoms with van der Waals surface area (Å²) in [5, 5.41) is 3.70. The van der Waals surface area contributed by atoms with Gasteiger partial charge >= 0.3 is 0 Å². The molecule has 26 heavy (non-hydrogen) atoms. The molecule has 2 aromatic rings. The first kappa shape index (κ1) is 18.3. The van der Waals surface area contributed by atoms with Crippen molar-refractivity contribution in [1.82, 2.24) is 5.32 Å². The molecule has 6 heteroatoms. The Morgan fingerprint density at radius 1 is 1.23 bits per heavy atom. The summed E-state index contributed by atoms with van der Waals surface area (Å²) in [5.74, 6) is 0.435. The van der Waals surface area contributed by atoms with E-state index in [9.17, 15) is 9.59 Å². The van der Waals surface area contributed by atoms with Crippen molar-refractivity contribution in [3.05, 3.63) is 59.1 Å². The highest BCUT2D eigenvalue weighted by atomic mass is 35.5. The zero-order chi connectivity index (χ0) is 18.5. The van der Waals surface area contributed by atoms with Crippen molar-refractivity contribution in [3.8, 4) is 5.75 Å². The molecule has 0 saturated carbocycles. The minimum absolute atomic E-state index is 0.000984. The van der Waals surface area contributed by atoms with Crippen molar-refractivity contribution in [2.45, 2.75) is 25.8 Å². The predicted molar refractivity (Wildman–Crippen MR) is 102 cm³/mol. The van der Waals surface area contributed by atoms with Crippen LogP contribution in [-0.2, 0) is 9.59 Å². The number of hydrogen-bond donors (Lipinski definition) is 1. The average Bonchev–Trinajstić information content (AvgIpc) is 2.66. The first-order chi connectivity index (χ1) is 12.6. The van der Waals surface area contributed by atoms with Gasteiger partial charge in [-0.25, -0.2) is 0 Å². The topological polar surface area (TPSA) is 58.6 Å². The highest BCUT2D eigenvalue weighted by molar-refractivity contribution is 6.30. The van der Waals surface area contributed by atoms with Crippen LogP contribution >= 0.6 is 11.6 Å². The monoisotopic (exact) mass is 372 g/mol. The number of nitrogens with zero attached hydrogens (tertiary/aromatic N) is 1. The molecule has 0 saturated heterocycles. The van der Waals surface area contributed by atoms with E-state index in [0.717, 1.165) is 12.0 Å². The van der Waals surface area contributed by atoms with Gasteiger partial charge in [0, 0.05) is 18.0 Å². The number of anilines is 1. The van der Waals surface area contributed by atoms with Gasteiger partial charge in [0.1, 0.15) is 5.75 Å². The fourth-order valence-corrected chi connectivity index (χ4v) is 3.12. The number of para-hydroxylation sites is 2. The van der Waals surface area contributed by atoms with Crippen LogP contribution in [0.1, 0.15) is 31.4 Å². The number of halogens is 1. The van der Waals surface area contributed by atoms with Crippen LogP contribution in [0.2, 0.25) is 5.02 Å². The molecule has 136 valence electrons. The van der Waals surface area contributed by atoms with Crippen LogP contribution in [0.25, 0.3) is 0 Å². The molecule has 0 unspecified atom stereocenters. The maximum Gasteiger partial charge on any atom is 0.265 e. The lowest BCUT2D eigenvalue weighted by molar-refractivity contribution is -0.122. The summed E-state index contributed by atoms with van der Waals surface area (Å²) in [6.07, 6.45) is 0.997. The third-order valence-corrected chi connectivity index (χ3v) is 4.64. The van der Waals surface area contributed by atoms with Crippen molar-refractivity contribution in [1.29, 1.82) is 0 Å². The number of amides is 2. The van der Waals surface area contributed by atoms with Crippen molar-refractivity contribution in [2.75, 3.05) is 18.1 Å². The minimum Gasteiger partial charge on any atom is -0.482 e. The number of rotatable bonds is 6. The first-order valence-corrected chi connectivity index (χ1v) is 9.03. The van der Waals surface area contributed by atoms with Crippen molar-refractivity contribution < 1.29 is 14.3 Å². The zero-order valence-electron chi connectivity index (χ0n) is 14.6. The van der Waals surface area contributed by atoms with Crippen LogP contribution < -0.4 is 15.0 Å². The van der Waals surface area contributed by atoms with E-state index in [1.165, 1.54) is 0 Å². The van der Waals surface area contributed by atoms with Gasteiger partial charge < -0.3 is 15.0 Å². The van der Waals surface area contributed by atoms with Gasteiger partial charge in [0.15, 0.2) is 6.61 Å². The van der Waals surface area contributed by atoms with E-state index in [2.05, 4.69) is 5.32 Å². The lowest BCUT2D eigenvalue weighted by atomic mass is 10.0. The van der Waals surface area contributed by atoms with E-state index in [1.807, 2.05) is 55.5 Å². The standard InChI is InChI=1S/C20H21ClN2O3/c1-2-16(14-7-9-15(21)10-8-14)22-19(24)11-12-23-17-5-3-4-6-18(17)26-13-20(23)25/h3-10,16H,2,11-13H2,1H3,(H,22,24)/t16-/m0/s1. The molecule has 1 aliphatic heterocycles. The molecule has 2 aromatic carbocycles. The highest BCUT2D eigenvalue weighted by Crippen LogP contribution is 2.31. The fraction of sp³-hybridized carbons (Fsp3) is 0.300. The summed E-state index contributed by atoms with van der Waals surface area (Å²) in [5.41, 5.74) is 1.72. The quantitative estimate of drug-likeness (QED) is 0.840. The number of fused-ring (bicyclic) bond motifs is 1. The second-order valence-corrected chi connectivity index (χ2v) is 6.57. The van der Waals surface area contributed by atoms with E-state index in [-0.39, 0.29) is 30.9 Å². The van der Waals surface area contributed by atoms with E-state index < -0.39 is 0 Å². The molecule has 2 amide bonds. The molecule has 0 spiro atoms. The first-order valence-electron chi connectivity index (χ1n) is 8.65. The van der Waals surface area contributed by atoms with Crippen molar-refractivity contribution in [2.24, 2.45) is 0 Å². The number of benzene rings is 2. The average molecular weight is 373 g/mol. The Hall–Kier alpha value is -2.53. The zero-order valence-corrected chi connectivity index (χ0v) is 15.3. The van der Waals surface area contributed by atoms with Gasteiger partial charge in [0.25, 0.3) is 5.91 Å². The number of hydrogen-bond acceptors (Lipinski definition) is 3. The van der Waals surface area contributed by atoms with Crippen LogP contribution in [0.5, 0.6) is 5.75 Å². The molecule has 1 heterocycles. The van der Waals surface area contributed by atoms with Gasteiger partial charge in [-0.1, -0.05) is 42.8 Å². The van der Waals surface area contributed by atoms with Gasteiger partial charge in [-0.2, -0.15) is 0 Å². The summed E-state index contributed by atoms with van der Waals surface area (Å²) >= 11 is 5.92. The summed E-state index contributed by atoms with van der Waals surface area (Å²) in [7, 11) is 0. The molecule has 5 nitrogen and oxygen atoms in total. The van der Waals surface area contributed by atoms with Crippen LogP contribution in [0.3, 0.4) is 0 Å². The molecular weight excluding hydrogens is 352 g/mol. The van der Waals surface area contributed by atoms with Gasteiger partial charge in [-0.05, 0) is 36.2 Å². The van der Waals surface area contributed by atoms with E-state index in [1.54, 1.807) is 4.90 Å². The molecule has 0 fully saturated rings. The number of carbonyl (C=O) groups excluding carboxylic acids is 2. The largest absolute Gasteiger partial charge is 0.482 e. The van der Waals surface area contributed by atoms with Crippen LogP contribution in [0, 0.1) is 0 Å². The third-order valence-electron chi connectivity index (χ3n) is 4.39. The molecule has 0 radical (unpaired) electrons. The lowest BCUT2D eigenvalue weighted by Gasteiger charge is -2.29. The number of nitrogens with one attached hydrogen (secondary N) is 1. The Morgan fingerprint density at radius 3 is 2.69 bits per heavy atom. The normalized spacial score (nSPS) is 14.4. The second kappa shape index (κ2) is 8.23. The van der Waals surface area contributed by atoms with Crippen LogP contribution in [-0.4, -0.2) is 25.0 Å². The maximum absolute atomic E-state index is 12.4. The van der Waals surface area contributed by atoms with Gasteiger partial charge in [0.2, 0.25) is 5.91 Å². The Labute approximate surface area is 157 Å². The van der Waals surface area contributed by atoms with Crippen LogP contribution in [0.4, 0.5) is 5.69 Å². The summed E-state index contributed by atoms with van der Waals surface area (Å²) in [6.45, 7) is 2.34. The van der Waals surface area contributed by atoms with Crippen molar-refractivity contribution in [3.63, 3.8) is 0 Å². The van der Waals surface area contributed by atoms with Gasteiger partial charge in [-0.3, -0.25) is 9.59 Å². The maximum atomic E-state index is 12.4. The van der Waals surface area contributed by atoms with E-state index >= 15 is 0 Å². The van der Waals surface area contributed by atoms with E-state index in [0.29, 0.717) is 23.0 Å². The molecular formula is C20H21ClN2O3. The lowest BCUT2D eigenvalue weighted by Crippen LogP contribution is -2.41. The molecule has 3 rings (SSSR count). The molecule has 1 aliphatic rings. The minimum atomic E-state index is -0.138. The fourth-order valence-electron chi connectivity index (χ4n) is 3.00. The van der Waals surface area contributed by atoms with Crippen LogP contribution in [0.15, 0.2) is 48.5 Å². The Kier molecular flexibility index (Phi) is 5.78. The molecule has 0 bridgehead atoms. The summed E-state index contributed by atoms with van der Waals surface area (Å²) in [4.78, 5) is 26.2. The third kappa shape index (κ3) is 4.17. The molecule has 1 N–H and O–H groups in total. The Bertz CT molecular complexity index is 792.